The summed E-state index contributed by atoms with van der Waals surface area (Å²) in [5.74, 6) is 0.208. The van der Waals surface area contributed by atoms with E-state index >= 15 is 0 Å². The van der Waals surface area contributed by atoms with Crippen LogP contribution in [0.4, 0.5) is 0 Å². The first-order valence-corrected chi connectivity index (χ1v) is 7.52. The van der Waals surface area contributed by atoms with E-state index in [-0.39, 0.29) is 18.2 Å². The van der Waals surface area contributed by atoms with Gasteiger partial charge in [-0.25, -0.2) is 0 Å². The second kappa shape index (κ2) is 8.13. The molecule has 1 atom stereocenters. The summed E-state index contributed by atoms with van der Waals surface area (Å²) in [7, 11) is 1.61. The number of carbonyl (C=O) groups excluding carboxylic acids is 2. The minimum absolute atomic E-state index is 0.191. The summed E-state index contributed by atoms with van der Waals surface area (Å²) < 4.78 is 10.3. The van der Waals surface area contributed by atoms with Crippen LogP contribution in [0.3, 0.4) is 0 Å². The lowest BCUT2D eigenvalue weighted by Crippen LogP contribution is -2.24. The van der Waals surface area contributed by atoms with Gasteiger partial charge in [-0.05, 0) is 31.0 Å². The minimum atomic E-state index is -0.777. The number of methoxy groups -OCH3 is 1. The lowest BCUT2D eigenvalue weighted by molar-refractivity contribution is -0.146. The number of ether oxygens (including phenoxy) is 2. The summed E-state index contributed by atoms with van der Waals surface area (Å²) in [6.07, 6.45) is 0.0224. The Morgan fingerprint density at radius 1 is 1.00 bits per heavy atom. The van der Waals surface area contributed by atoms with Gasteiger partial charge in [-0.2, -0.15) is 0 Å². The first-order valence-electron chi connectivity index (χ1n) is 7.52. The van der Waals surface area contributed by atoms with Gasteiger partial charge in [0.25, 0.3) is 0 Å². The van der Waals surface area contributed by atoms with Gasteiger partial charge in [0.2, 0.25) is 5.78 Å². The van der Waals surface area contributed by atoms with Gasteiger partial charge in [0.05, 0.1) is 7.11 Å². The fourth-order valence-electron chi connectivity index (χ4n) is 2.19. The lowest BCUT2D eigenvalue weighted by Gasteiger charge is -2.12. The Kier molecular flexibility index (Phi) is 5.92. The van der Waals surface area contributed by atoms with Crippen molar-refractivity contribution in [2.45, 2.75) is 25.9 Å². The number of aryl methyl sites for hydroxylation is 1. The van der Waals surface area contributed by atoms with Gasteiger partial charge in [-0.1, -0.05) is 42.5 Å². The van der Waals surface area contributed by atoms with E-state index in [1.165, 1.54) is 0 Å². The summed E-state index contributed by atoms with van der Waals surface area (Å²) in [6, 6.07) is 16.3. The van der Waals surface area contributed by atoms with Gasteiger partial charge in [0.1, 0.15) is 5.75 Å². The zero-order valence-electron chi connectivity index (χ0n) is 13.3. The van der Waals surface area contributed by atoms with Crippen LogP contribution in [0.15, 0.2) is 54.6 Å². The van der Waals surface area contributed by atoms with Crippen LogP contribution in [0, 0.1) is 0 Å². The van der Waals surface area contributed by atoms with Crippen LogP contribution in [-0.4, -0.2) is 25.0 Å². The van der Waals surface area contributed by atoms with Crippen molar-refractivity contribution in [1.82, 2.24) is 0 Å². The molecular formula is C19H20O4. The summed E-state index contributed by atoms with van der Waals surface area (Å²) in [4.78, 5) is 24.0. The van der Waals surface area contributed by atoms with E-state index in [2.05, 4.69) is 0 Å². The molecule has 4 heteroatoms. The van der Waals surface area contributed by atoms with Crippen LogP contribution >= 0.6 is 0 Å². The quantitative estimate of drug-likeness (QED) is 0.580. The fraction of sp³-hybridized carbons (Fsp3) is 0.263. The topological polar surface area (TPSA) is 52.6 Å². The highest BCUT2D eigenvalue weighted by molar-refractivity contribution is 6.00. The molecule has 0 unspecified atom stereocenters. The predicted molar refractivity (Wildman–Crippen MR) is 87.6 cm³/mol. The lowest BCUT2D eigenvalue weighted by atomic mass is 10.1. The highest BCUT2D eigenvalue weighted by atomic mass is 16.5. The molecule has 0 aliphatic heterocycles. The van der Waals surface area contributed by atoms with Crippen molar-refractivity contribution in [2.24, 2.45) is 0 Å². The minimum Gasteiger partial charge on any atom is -0.497 e. The third-order valence-corrected chi connectivity index (χ3v) is 3.51. The van der Waals surface area contributed by atoms with Crippen LogP contribution in [0.25, 0.3) is 0 Å². The molecule has 0 aliphatic carbocycles. The highest BCUT2D eigenvalue weighted by Gasteiger charge is 2.19. The molecule has 0 N–H and O–H groups in total. The predicted octanol–water partition coefficient (Wildman–Crippen LogP) is 3.44. The van der Waals surface area contributed by atoms with E-state index in [4.69, 9.17) is 9.47 Å². The maximum absolute atomic E-state index is 12.1. The molecule has 0 bridgehead atoms. The van der Waals surface area contributed by atoms with Gasteiger partial charge >= 0.3 is 5.97 Å². The monoisotopic (exact) mass is 312 g/mol. The Hall–Kier alpha value is -2.62. The Balaban J connectivity index is 1.83. The zero-order valence-corrected chi connectivity index (χ0v) is 13.3. The molecule has 0 saturated heterocycles. The Morgan fingerprint density at radius 2 is 1.65 bits per heavy atom. The molecule has 4 nitrogen and oxygen atoms in total. The maximum atomic E-state index is 12.1. The van der Waals surface area contributed by atoms with Gasteiger partial charge in [-0.15, -0.1) is 0 Å². The third-order valence-electron chi connectivity index (χ3n) is 3.51. The van der Waals surface area contributed by atoms with Gasteiger partial charge in [0.15, 0.2) is 6.10 Å². The van der Waals surface area contributed by atoms with Gasteiger partial charge in [-0.3, -0.25) is 9.59 Å². The van der Waals surface area contributed by atoms with Crippen molar-refractivity contribution in [2.75, 3.05) is 7.11 Å². The van der Waals surface area contributed by atoms with E-state index in [1.54, 1.807) is 38.3 Å². The van der Waals surface area contributed by atoms with Crippen LogP contribution in [-0.2, 0) is 16.0 Å². The van der Waals surface area contributed by atoms with Crippen LogP contribution in [0.5, 0.6) is 5.75 Å². The van der Waals surface area contributed by atoms with Crippen LogP contribution in [0.2, 0.25) is 0 Å². The van der Waals surface area contributed by atoms with Crippen molar-refractivity contribution in [3.63, 3.8) is 0 Å². The number of carbonyl (C=O) groups is 2. The molecule has 2 aromatic carbocycles. The molecular weight excluding hydrogens is 292 g/mol. The van der Waals surface area contributed by atoms with Crippen LogP contribution in [0.1, 0.15) is 29.3 Å². The Labute approximate surface area is 136 Å². The summed E-state index contributed by atoms with van der Waals surface area (Å²) in [5, 5.41) is 0. The van der Waals surface area contributed by atoms with Crippen LogP contribution < -0.4 is 4.74 Å². The van der Waals surface area contributed by atoms with E-state index in [0.717, 1.165) is 11.3 Å². The summed E-state index contributed by atoms with van der Waals surface area (Å²) in [5.41, 5.74) is 1.56. The normalized spacial score (nSPS) is 11.6. The zero-order chi connectivity index (χ0) is 16.7. The van der Waals surface area contributed by atoms with Gasteiger partial charge in [0, 0.05) is 12.0 Å². The molecule has 23 heavy (non-hydrogen) atoms. The van der Waals surface area contributed by atoms with Crippen molar-refractivity contribution in [3.05, 3.63) is 65.7 Å². The van der Waals surface area contributed by atoms with Crippen molar-refractivity contribution in [3.8, 4) is 5.75 Å². The maximum Gasteiger partial charge on any atom is 0.306 e. The van der Waals surface area contributed by atoms with E-state index < -0.39 is 6.10 Å². The molecule has 0 fully saturated rings. The van der Waals surface area contributed by atoms with E-state index in [9.17, 15) is 9.59 Å². The smallest absolute Gasteiger partial charge is 0.306 e. The average molecular weight is 312 g/mol. The highest BCUT2D eigenvalue weighted by Crippen LogP contribution is 2.13. The molecule has 0 aromatic heterocycles. The standard InChI is InChI=1S/C19H20O4/c1-14(19(21)16-6-4-3-5-7-16)23-18(20)13-10-15-8-11-17(22-2)12-9-15/h3-9,11-12,14H,10,13H2,1-2H3/t14-/m0/s1. The molecule has 0 radical (unpaired) electrons. The van der Waals surface area contributed by atoms with Crippen molar-refractivity contribution < 1.29 is 19.1 Å². The fourth-order valence-corrected chi connectivity index (χ4v) is 2.19. The second-order valence-corrected chi connectivity index (χ2v) is 5.21. The van der Waals surface area contributed by atoms with Crippen molar-refractivity contribution >= 4 is 11.8 Å². The SMILES string of the molecule is COc1ccc(CCC(=O)O[C@@H](C)C(=O)c2ccccc2)cc1. The molecule has 0 amide bonds. The molecule has 0 saturated carbocycles. The van der Waals surface area contributed by atoms with Crippen molar-refractivity contribution in [1.29, 1.82) is 0 Å². The number of hydrogen-bond donors (Lipinski definition) is 0. The summed E-state index contributed by atoms with van der Waals surface area (Å²) in [6.45, 7) is 1.60. The summed E-state index contributed by atoms with van der Waals surface area (Å²) >= 11 is 0. The Bertz CT molecular complexity index is 647. The largest absolute Gasteiger partial charge is 0.497 e. The molecule has 0 heterocycles. The number of esters is 1. The molecule has 2 aromatic rings. The first kappa shape index (κ1) is 16.7. The number of hydrogen-bond acceptors (Lipinski definition) is 4. The van der Waals surface area contributed by atoms with E-state index in [0.29, 0.717) is 12.0 Å². The molecule has 120 valence electrons. The number of benzene rings is 2. The first-order chi connectivity index (χ1) is 11.1. The van der Waals surface area contributed by atoms with Gasteiger partial charge < -0.3 is 9.47 Å². The average Bonchev–Trinajstić information content (AvgIpc) is 2.60. The molecule has 0 aliphatic rings. The number of rotatable bonds is 7. The molecule has 2 rings (SSSR count). The number of Topliss-reactive ketones (excluding diaryl/α,β-unsaturated/α-hetero) is 1. The third kappa shape index (κ3) is 4.95. The van der Waals surface area contributed by atoms with E-state index in [1.807, 2.05) is 30.3 Å². The second-order valence-electron chi connectivity index (χ2n) is 5.21. The molecule has 0 spiro atoms. The number of ketones is 1. The Morgan fingerprint density at radius 3 is 2.26 bits per heavy atom.